The van der Waals surface area contributed by atoms with E-state index >= 15 is 0 Å². The molecule has 3 saturated heterocycles. The molecule has 5 aromatic rings. The average molecular weight is 877 g/mol. The number of benzene rings is 3. The van der Waals surface area contributed by atoms with E-state index in [1.54, 1.807) is 18.0 Å². The number of aromatic amines is 2. The number of nitrogens with zero attached hydrogens (tertiary/aromatic N) is 4. The van der Waals surface area contributed by atoms with Gasteiger partial charge in [-0.3, -0.25) is 9.59 Å². The number of H-pyrrole nitrogens is 2. The summed E-state index contributed by atoms with van der Waals surface area (Å²) in [6.07, 6.45) is 4.28. The number of likely N-dealkylation sites (tertiary alicyclic amines) is 2. The quantitative estimate of drug-likeness (QED) is 0.117. The van der Waals surface area contributed by atoms with Gasteiger partial charge < -0.3 is 54.1 Å². The maximum Gasteiger partial charge on any atom is 0.407 e. The first-order chi connectivity index (χ1) is 31.0. The fourth-order valence-corrected chi connectivity index (χ4v) is 10.2. The largest absolute Gasteiger partial charge is 0.488 e. The van der Waals surface area contributed by atoms with Crippen LogP contribution in [0, 0.1) is 5.92 Å². The maximum atomic E-state index is 14.4. The van der Waals surface area contributed by atoms with Gasteiger partial charge in [0.15, 0.2) is 0 Å². The number of amides is 4. The molecular formula is C47H56N8O9. The molecule has 7 atom stereocenters. The molecular weight excluding hydrogens is 821 g/mol. The number of alkyl carbamates (subject to hydrolysis) is 2. The van der Waals surface area contributed by atoms with E-state index in [0.717, 1.165) is 74.8 Å². The van der Waals surface area contributed by atoms with Crippen molar-refractivity contribution in [2.75, 3.05) is 34.5 Å². The standard InChI is InChI=1S/C47H56N8O9/c1-24-7-13-36(54(24)44(56)39(26(3)60-4)52-46(58)61-5)42-48-22-35(50-42)29-9-11-31-30(19-29)23-64-38-21-32-28(20-33(31)38)10-12-34-41(32)51-43(49-34)37-14-8-25(2)55(37)45(57)40(53-47(59)62-6)27-15-17-63-18-16-27/h9-12,19-22,24-27,36-37,39-40H,7-8,13-18,23H2,1-6H3,(H,48,50)(H,49,51)(H,52,58)(H,53,59)/t24-,25-,26+,36-,37-,39?,40?/m0/s1. The number of carbonyl (C=O) groups excluding carboxylic acids is 4. The van der Waals surface area contributed by atoms with Gasteiger partial charge in [-0.15, -0.1) is 0 Å². The Hall–Kier alpha value is -6.20. The summed E-state index contributed by atoms with van der Waals surface area (Å²) in [5.41, 5.74) is 6.50. The molecule has 0 spiro atoms. The fraction of sp³-hybridized carbons (Fsp3) is 0.489. The predicted molar refractivity (Wildman–Crippen MR) is 236 cm³/mol. The van der Waals surface area contributed by atoms with Crippen molar-refractivity contribution >= 4 is 45.8 Å². The van der Waals surface area contributed by atoms with Gasteiger partial charge in [0, 0.05) is 43.4 Å². The van der Waals surface area contributed by atoms with E-state index in [9.17, 15) is 19.2 Å². The Bertz CT molecular complexity index is 2590. The predicted octanol–water partition coefficient (Wildman–Crippen LogP) is 6.68. The topological polar surface area (TPSA) is 202 Å². The molecule has 0 radical (unpaired) electrons. The molecule has 3 fully saturated rings. The van der Waals surface area contributed by atoms with Crippen LogP contribution in [0.3, 0.4) is 0 Å². The number of methoxy groups -OCH3 is 3. The number of hydrogen-bond acceptors (Lipinski definition) is 11. The monoisotopic (exact) mass is 876 g/mol. The fourth-order valence-electron chi connectivity index (χ4n) is 10.2. The number of nitrogens with one attached hydrogen (secondary N) is 4. The average Bonchev–Trinajstić information content (AvgIpc) is 4.14. The maximum absolute atomic E-state index is 14.4. The van der Waals surface area contributed by atoms with E-state index in [-0.39, 0.29) is 41.9 Å². The first-order valence-electron chi connectivity index (χ1n) is 22.2. The smallest absolute Gasteiger partial charge is 0.407 e. The van der Waals surface area contributed by atoms with Crippen molar-refractivity contribution in [3.05, 3.63) is 65.9 Å². The zero-order valence-electron chi connectivity index (χ0n) is 37.1. The first kappa shape index (κ1) is 43.1. The Labute approximate surface area is 370 Å². The summed E-state index contributed by atoms with van der Waals surface area (Å²) in [6, 6.07) is 12.2. The second-order valence-electron chi connectivity index (χ2n) is 17.5. The molecule has 0 aliphatic carbocycles. The van der Waals surface area contributed by atoms with Crippen LogP contribution in [0.4, 0.5) is 9.59 Å². The van der Waals surface area contributed by atoms with Crippen LogP contribution in [0.2, 0.25) is 0 Å². The molecule has 0 saturated carbocycles. The zero-order valence-corrected chi connectivity index (χ0v) is 37.1. The van der Waals surface area contributed by atoms with Crippen LogP contribution in [0.15, 0.2) is 48.7 Å². The highest BCUT2D eigenvalue weighted by Gasteiger charge is 2.44. The van der Waals surface area contributed by atoms with Crippen molar-refractivity contribution in [1.29, 1.82) is 0 Å². The zero-order chi connectivity index (χ0) is 44.8. The Morgan fingerprint density at radius 2 is 1.50 bits per heavy atom. The highest BCUT2D eigenvalue weighted by Crippen LogP contribution is 2.44. The minimum absolute atomic E-state index is 0.0424. The van der Waals surface area contributed by atoms with E-state index in [2.05, 4.69) is 63.9 Å². The third kappa shape index (κ3) is 7.88. The van der Waals surface area contributed by atoms with Crippen LogP contribution >= 0.6 is 0 Å². The van der Waals surface area contributed by atoms with Crippen molar-refractivity contribution in [2.24, 2.45) is 5.92 Å². The van der Waals surface area contributed by atoms with Gasteiger partial charge in [0.05, 0.1) is 55.3 Å². The lowest BCUT2D eigenvalue weighted by atomic mass is 9.90. The highest BCUT2D eigenvalue weighted by molar-refractivity contribution is 6.07. The van der Waals surface area contributed by atoms with E-state index in [4.69, 9.17) is 33.7 Å². The molecule has 6 heterocycles. The summed E-state index contributed by atoms with van der Waals surface area (Å²) in [7, 11) is 4.07. The van der Waals surface area contributed by atoms with Crippen LogP contribution < -0.4 is 15.4 Å². The molecule has 338 valence electrons. The highest BCUT2D eigenvalue weighted by atomic mass is 16.5. The molecule has 4 amide bonds. The second-order valence-corrected chi connectivity index (χ2v) is 17.5. The van der Waals surface area contributed by atoms with E-state index in [0.29, 0.717) is 50.7 Å². The Kier molecular flexibility index (Phi) is 11.9. The number of carbonyl (C=O) groups is 4. The molecule has 0 bridgehead atoms. The summed E-state index contributed by atoms with van der Waals surface area (Å²) in [5, 5.41) is 7.45. The number of aromatic nitrogens is 4. The lowest BCUT2D eigenvalue weighted by molar-refractivity contribution is -0.140. The van der Waals surface area contributed by atoms with Crippen molar-refractivity contribution in [1.82, 2.24) is 40.4 Å². The number of rotatable bonds is 10. The van der Waals surface area contributed by atoms with Crippen molar-refractivity contribution in [3.8, 4) is 28.1 Å². The summed E-state index contributed by atoms with van der Waals surface area (Å²) in [4.78, 5) is 73.6. The van der Waals surface area contributed by atoms with Gasteiger partial charge in [-0.25, -0.2) is 19.6 Å². The SMILES string of the molecule is COC(=O)NC(C(=O)N1[C@@H](C)CC[C@H]1c1nc2c(ccc3cc4c(cc32)OCc2cc(-c3cnc([C@@H]5CC[C@H](C)N5C(=O)C(NC(=O)OC)[C@@H](C)OC)[nH]3)ccc2-4)[nH]1)C1CCOCC1. The van der Waals surface area contributed by atoms with E-state index in [1.807, 2.05) is 17.9 Å². The van der Waals surface area contributed by atoms with Crippen LogP contribution in [0.1, 0.15) is 88.6 Å². The molecule has 4 N–H and O–H groups in total. The van der Waals surface area contributed by atoms with Crippen molar-refractivity contribution < 1.29 is 42.9 Å². The van der Waals surface area contributed by atoms with Crippen molar-refractivity contribution in [3.63, 3.8) is 0 Å². The van der Waals surface area contributed by atoms with Gasteiger partial charge in [0.25, 0.3) is 0 Å². The van der Waals surface area contributed by atoms with Gasteiger partial charge in [0.1, 0.15) is 36.1 Å². The van der Waals surface area contributed by atoms with Gasteiger partial charge in [-0.2, -0.15) is 0 Å². The Balaban J connectivity index is 0.963. The van der Waals surface area contributed by atoms with Crippen LogP contribution in [0.5, 0.6) is 5.75 Å². The van der Waals surface area contributed by atoms with Gasteiger partial charge >= 0.3 is 12.2 Å². The molecule has 17 heteroatoms. The molecule has 9 rings (SSSR count). The minimum atomic E-state index is -0.929. The van der Waals surface area contributed by atoms with Gasteiger partial charge in [-0.1, -0.05) is 18.2 Å². The van der Waals surface area contributed by atoms with Crippen molar-refractivity contribution in [2.45, 2.75) is 108 Å². The van der Waals surface area contributed by atoms with E-state index < -0.39 is 30.4 Å². The third-order valence-electron chi connectivity index (χ3n) is 13.8. The Morgan fingerprint density at radius 3 is 2.22 bits per heavy atom. The lowest BCUT2D eigenvalue weighted by Crippen LogP contribution is -2.55. The number of imidazole rings is 2. The second kappa shape index (κ2) is 17.8. The Morgan fingerprint density at radius 1 is 0.797 bits per heavy atom. The summed E-state index contributed by atoms with van der Waals surface area (Å²) in [5.74, 6) is 1.69. The van der Waals surface area contributed by atoms with Crippen LogP contribution in [-0.4, -0.2) is 119 Å². The minimum Gasteiger partial charge on any atom is -0.488 e. The summed E-state index contributed by atoms with van der Waals surface area (Å²) in [6.45, 7) is 7.24. The lowest BCUT2D eigenvalue weighted by Gasteiger charge is -2.36. The first-order valence-corrected chi connectivity index (χ1v) is 22.2. The number of hydrogen-bond donors (Lipinski definition) is 4. The molecule has 4 aliphatic heterocycles. The van der Waals surface area contributed by atoms with Crippen LogP contribution in [-0.2, 0) is 35.1 Å². The van der Waals surface area contributed by atoms with Gasteiger partial charge in [-0.05, 0) is 112 Å². The molecule has 2 aromatic heterocycles. The summed E-state index contributed by atoms with van der Waals surface area (Å²) >= 11 is 0. The summed E-state index contributed by atoms with van der Waals surface area (Å²) < 4.78 is 27.2. The normalized spacial score (nSPS) is 22.3. The third-order valence-corrected chi connectivity index (χ3v) is 13.8. The number of fused-ring (bicyclic) bond motifs is 6. The number of ether oxygens (including phenoxy) is 5. The molecule has 2 unspecified atom stereocenters. The van der Waals surface area contributed by atoms with Gasteiger partial charge in [0.2, 0.25) is 11.8 Å². The molecule has 17 nitrogen and oxygen atoms in total. The molecule has 3 aromatic carbocycles. The van der Waals surface area contributed by atoms with Crippen LogP contribution in [0.25, 0.3) is 44.2 Å². The molecule has 4 aliphatic rings. The molecule has 64 heavy (non-hydrogen) atoms. The van der Waals surface area contributed by atoms with E-state index in [1.165, 1.54) is 21.3 Å².